The molecule has 0 aromatic carbocycles. The summed E-state index contributed by atoms with van der Waals surface area (Å²) in [6.07, 6.45) is 3.29. The van der Waals surface area contributed by atoms with Crippen LogP contribution >= 0.6 is 0 Å². The van der Waals surface area contributed by atoms with Crippen molar-refractivity contribution in [3.63, 3.8) is 0 Å². The predicted molar refractivity (Wildman–Crippen MR) is 45.8 cm³/mol. The van der Waals surface area contributed by atoms with Gasteiger partial charge < -0.3 is 10.3 Å². The molecule has 0 fully saturated rings. The third-order valence-corrected chi connectivity index (χ3v) is 1.58. The zero-order chi connectivity index (χ0) is 8.39. The highest BCUT2D eigenvalue weighted by Gasteiger charge is 2.02. The van der Waals surface area contributed by atoms with Gasteiger partial charge in [-0.1, -0.05) is 0 Å². The summed E-state index contributed by atoms with van der Waals surface area (Å²) in [6, 6.07) is 0. The van der Waals surface area contributed by atoms with Crippen LogP contribution in [0.2, 0.25) is 0 Å². The maximum atomic E-state index is 4.12. The van der Waals surface area contributed by atoms with Crippen molar-refractivity contribution in [1.29, 1.82) is 0 Å². The molecule has 2 rings (SSSR count). The fraction of sp³-hybridized carbons (Fsp3) is 0.286. The lowest BCUT2D eigenvalue weighted by Gasteiger charge is -1.99. The second kappa shape index (κ2) is 2.77. The van der Waals surface area contributed by atoms with Gasteiger partial charge in [0.25, 0.3) is 0 Å². The van der Waals surface area contributed by atoms with E-state index >= 15 is 0 Å². The summed E-state index contributed by atoms with van der Waals surface area (Å²) >= 11 is 0. The summed E-state index contributed by atoms with van der Waals surface area (Å²) in [6.45, 7) is 2.83. The summed E-state index contributed by atoms with van der Waals surface area (Å²) in [5.74, 6) is 0.733. The molecule has 62 valence electrons. The Labute approximate surface area is 69.2 Å². The van der Waals surface area contributed by atoms with E-state index in [0.717, 1.165) is 23.4 Å². The van der Waals surface area contributed by atoms with Gasteiger partial charge in [0.1, 0.15) is 5.52 Å². The number of aromatic nitrogens is 4. The van der Waals surface area contributed by atoms with E-state index < -0.39 is 0 Å². The summed E-state index contributed by atoms with van der Waals surface area (Å²) < 4.78 is 0. The zero-order valence-electron chi connectivity index (χ0n) is 6.70. The molecular formula is C7H9N5. The Bertz CT molecular complexity index is 380. The molecule has 5 heteroatoms. The molecule has 2 aromatic rings. The van der Waals surface area contributed by atoms with Gasteiger partial charge >= 0.3 is 0 Å². The van der Waals surface area contributed by atoms with Crippen molar-refractivity contribution in [1.82, 2.24) is 20.2 Å². The number of rotatable bonds is 2. The standard InChI is InChI=1S/C7H9N5/c1-2-8-7-6-5(3-11-12-7)9-4-10-6/h3-4H,2H2,1H3,(H,8,12)(H,9,10). The number of H-pyrrole nitrogens is 1. The molecular weight excluding hydrogens is 154 g/mol. The number of anilines is 1. The van der Waals surface area contributed by atoms with Crippen LogP contribution in [0, 0.1) is 0 Å². The summed E-state index contributed by atoms with van der Waals surface area (Å²) in [5.41, 5.74) is 1.74. The van der Waals surface area contributed by atoms with Crippen molar-refractivity contribution in [2.24, 2.45) is 0 Å². The first-order chi connectivity index (χ1) is 5.92. The SMILES string of the molecule is CCNc1nncc2[nH]cnc12. The molecule has 0 amide bonds. The lowest BCUT2D eigenvalue weighted by molar-refractivity contribution is 1.02. The van der Waals surface area contributed by atoms with Crippen molar-refractivity contribution >= 4 is 16.9 Å². The van der Waals surface area contributed by atoms with E-state index in [2.05, 4.69) is 25.5 Å². The summed E-state index contributed by atoms with van der Waals surface area (Å²) in [4.78, 5) is 7.08. The zero-order valence-corrected chi connectivity index (χ0v) is 6.70. The Hall–Kier alpha value is -1.65. The lowest BCUT2D eigenvalue weighted by atomic mass is 10.4. The van der Waals surface area contributed by atoms with E-state index in [1.54, 1.807) is 12.5 Å². The van der Waals surface area contributed by atoms with Gasteiger partial charge in [0.15, 0.2) is 5.82 Å². The van der Waals surface area contributed by atoms with Crippen molar-refractivity contribution in [3.05, 3.63) is 12.5 Å². The predicted octanol–water partition coefficient (Wildman–Crippen LogP) is 0.785. The van der Waals surface area contributed by atoms with Crippen LogP contribution in [0.1, 0.15) is 6.92 Å². The van der Waals surface area contributed by atoms with Gasteiger partial charge in [0, 0.05) is 6.54 Å². The Morgan fingerprint density at radius 1 is 1.58 bits per heavy atom. The molecule has 0 saturated heterocycles. The maximum Gasteiger partial charge on any atom is 0.176 e. The van der Waals surface area contributed by atoms with Crippen LogP contribution in [0.3, 0.4) is 0 Å². The number of aromatic amines is 1. The number of nitrogens with one attached hydrogen (secondary N) is 2. The van der Waals surface area contributed by atoms with E-state index in [4.69, 9.17) is 0 Å². The first-order valence-electron chi connectivity index (χ1n) is 3.80. The number of fused-ring (bicyclic) bond motifs is 1. The molecule has 12 heavy (non-hydrogen) atoms. The van der Waals surface area contributed by atoms with Crippen molar-refractivity contribution in [2.45, 2.75) is 6.92 Å². The first kappa shape index (κ1) is 7.02. The maximum absolute atomic E-state index is 4.12. The molecule has 2 N–H and O–H groups in total. The molecule has 0 aliphatic carbocycles. The Balaban J connectivity index is 2.57. The highest BCUT2D eigenvalue weighted by atomic mass is 15.2. The van der Waals surface area contributed by atoms with Crippen LogP contribution in [0.25, 0.3) is 11.0 Å². The van der Waals surface area contributed by atoms with Gasteiger partial charge in [0.2, 0.25) is 0 Å². The minimum atomic E-state index is 0.733. The summed E-state index contributed by atoms with van der Waals surface area (Å²) in [7, 11) is 0. The second-order valence-corrected chi connectivity index (χ2v) is 2.39. The highest BCUT2D eigenvalue weighted by Crippen LogP contribution is 2.14. The molecule has 0 spiro atoms. The largest absolute Gasteiger partial charge is 0.367 e. The molecule has 0 atom stereocenters. The van der Waals surface area contributed by atoms with Gasteiger partial charge in [-0.2, -0.15) is 5.10 Å². The van der Waals surface area contributed by atoms with E-state index in [1.165, 1.54) is 0 Å². The fourth-order valence-corrected chi connectivity index (χ4v) is 1.07. The average molecular weight is 163 g/mol. The molecule has 0 bridgehead atoms. The average Bonchev–Trinajstić information content (AvgIpc) is 2.53. The number of hydrogen-bond donors (Lipinski definition) is 2. The molecule has 2 heterocycles. The van der Waals surface area contributed by atoms with Crippen molar-refractivity contribution in [3.8, 4) is 0 Å². The van der Waals surface area contributed by atoms with Crippen LogP contribution in [-0.2, 0) is 0 Å². The number of nitrogens with zero attached hydrogens (tertiary/aromatic N) is 3. The molecule has 0 unspecified atom stereocenters. The number of imidazole rings is 1. The topological polar surface area (TPSA) is 66.5 Å². The monoisotopic (exact) mass is 163 g/mol. The van der Waals surface area contributed by atoms with E-state index in [0.29, 0.717) is 0 Å². The Kier molecular flexibility index (Phi) is 1.62. The van der Waals surface area contributed by atoms with Gasteiger partial charge in [-0.25, -0.2) is 4.98 Å². The van der Waals surface area contributed by atoms with Crippen molar-refractivity contribution < 1.29 is 0 Å². The van der Waals surface area contributed by atoms with Crippen LogP contribution in [-0.4, -0.2) is 26.7 Å². The lowest BCUT2D eigenvalue weighted by Crippen LogP contribution is -2.00. The minimum Gasteiger partial charge on any atom is -0.367 e. The molecule has 0 aliphatic heterocycles. The molecule has 0 saturated carbocycles. The fourth-order valence-electron chi connectivity index (χ4n) is 1.07. The van der Waals surface area contributed by atoms with Gasteiger partial charge in [0.05, 0.1) is 18.0 Å². The van der Waals surface area contributed by atoms with Crippen molar-refractivity contribution in [2.75, 3.05) is 11.9 Å². The van der Waals surface area contributed by atoms with E-state index in [1.807, 2.05) is 6.92 Å². The smallest absolute Gasteiger partial charge is 0.176 e. The number of hydrogen-bond acceptors (Lipinski definition) is 4. The third-order valence-electron chi connectivity index (χ3n) is 1.58. The quantitative estimate of drug-likeness (QED) is 0.686. The molecule has 0 radical (unpaired) electrons. The second-order valence-electron chi connectivity index (χ2n) is 2.39. The molecule has 2 aromatic heterocycles. The van der Waals surface area contributed by atoms with Gasteiger partial charge in [-0.15, -0.1) is 5.10 Å². The molecule has 5 nitrogen and oxygen atoms in total. The molecule has 0 aliphatic rings. The van der Waals surface area contributed by atoms with E-state index in [9.17, 15) is 0 Å². The van der Waals surface area contributed by atoms with Crippen LogP contribution in [0.5, 0.6) is 0 Å². The minimum absolute atomic E-state index is 0.733. The third kappa shape index (κ3) is 0.990. The van der Waals surface area contributed by atoms with Gasteiger partial charge in [-0.05, 0) is 6.92 Å². The van der Waals surface area contributed by atoms with Crippen LogP contribution < -0.4 is 5.32 Å². The van der Waals surface area contributed by atoms with Gasteiger partial charge in [-0.3, -0.25) is 0 Å². The highest BCUT2D eigenvalue weighted by molar-refractivity contribution is 5.84. The Morgan fingerprint density at radius 3 is 3.33 bits per heavy atom. The van der Waals surface area contributed by atoms with Crippen LogP contribution in [0.15, 0.2) is 12.5 Å². The van der Waals surface area contributed by atoms with Crippen LogP contribution in [0.4, 0.5) is 5.82 Å². The Morgan fingerprint density at radius 2 is 2.50 bits per heavy atom. The normalized spacial score (nSPS) is 10.4. The summed E-state index contributed by atoms with van der Waals surface area (Å²) in [5, 5.41) is 10.8. The first-order valence-corrected chi connectivity index (χ1v) is 3.80. The van der Waals surface area contributed by atoms with E-state index in [-0.39, 0.29) is 0 Å².